The molecule has 0 radical (unpaired) electrons. The molecule has 19 heavy (non-hydrogen) atoms. The van der Waals surface area contributed by atoms with Crippen LogP contribution in [0.3, 0.4) is 0 Å². The molecule has 2 N–H and O–H groups in total. The fourth-order valence-electron chi connectivity index (χ4n) is 2.29. The zero-order chi connectivity index (χ0) is 13.2. The minimum Gasteiger partial charge on any atom is -0.343 e. The number of halogens is 1. The molecule has 4 heteroatoms. The van der Waals surface area contributed by atoms with Crippen molar-refractivity contribution in [2.75, 3.05) is 0 Å². The highest BCUT2D eigenvalue weighted by atomic mass is 19.1. The molecule has 1 aromatic carbocycles. The number of hydrogen-bond acceptors (Lipinski definition) is 2. The fraction of sp³-hybridized carbons (Fsp3) is 0.133. The van der Waals surface area contributed by atoms with Crippen LogP contribution in [0.1, 0.15) is 11.3 Å². The van der Waals surface area contributed by atoms with Crippen molar-refractivity contribution in [2.24, 2.45) is 5.73 Å². The molecule has 0 amide bonds. The monoisotopic (exact) mass is 255 g/mol. The van der Waals surface area contributed by atoms with Gasteiger partial charge in [0.2, 0.25) is 0 Å². The van der Waals surface area contributed by atoms with Gasteiger partial charge in [-0.05, 0) is 35.9 Å². The van der Waals surface area contributed by atoms with Gasteiger partial charge in [-0.15, -0.1) is 0 Å². The summed E-state index contributed by atoms with van der Waals surface area (Å²) in [6, 6.07) is 10.6. The van der Waals surface area contributed by atoms with Crippen LogP contribution in [0.5, 0.6) is 0 Å². The Morgan fingerprint density at radius 2 is 2.11 bits per heavy atom. The van der Waals surface area contributed by atoms with Crippen LogP contribution in [0.25, 0.3) is 10.9 Å². The van der Waals surface area contributed by atoms with Crippen LogP contribution < -0.4 is 5.73 Å². The van der Waals surface area contributed by atoms with E-state index in [4.69, 9.17) is 5.73 Å². The quantitative estimate of drug-likeness (QED) is 0.782. The first kappa shape index (κ1) is 11.9. The summed E-state index contributed by atoms with van der Waals surface area (Å²) in [6.07, 6.45) is 3.70. The highest BCUT2D eigenvalue weighted by molar-refractivity contribution is 5.80. The van der Waals surface area contributed by atoms with Gasteiger partial charge in [-0.25, -0.2) is 4.39 Å². The maximum absolute atomic E-state index is 13.2. The zero-order valence-electron chi connectivity index (χ0n) is 10.4. The van der Waals surface area contributed by atoms with Crippen molar-refractivity contribution in [3.63, 3.8) is 0 Å². The molecule has 0 atom stereocenters. The first-order chi connectivity index (χ1) is 9.28. The van der Waals surface area contributed by atoms with Crippen LogP contribution in [-0.4, -0.2) is 9.55 Å². The van der Waals surface area contributed by atoms with Crippen molar-refractivity contribution < 1.29 is 4.39 Å². The van der Waals surface area contributed by atoms with Gasteiger partial charge in [0.25, 0.3) is 0 Å². The molecule has 0 unspecified atom stereocenters. The van der Waals surface area contributed by atoms with Crippen molar-refractivity contribution in [1.29, 1.82) is 0 Å². The van der Waals surface area contributed by atoms with E-state index in [2.05, 4.69) is 9.55 Å². The minimum atomic E-state index is -0.214. The minimum absolute atomic E-state index is 0.214. The average Bonchev–Trinajstić information content (AvgIpc) is 2.82. The SMILES string of the molecule is NCc1ncccc1Cn1ccc2cc(F)ccc21. The van der Waals surface area contributed by atoms with Gasteiger partial charge in [-0.2, -0.15) is 0 Å². The highest BCUT2D eigenvalue weighted by Crippen LogP contribution is 2.19. The Labute approximate surface area is 110 Å². The third-order valence-electron chi connectivity index (χ3n) is 3.25. The zero-order valence-corrected chi connectivity index (χ0v) is 10.4. The first-order valence-corrected chi connectivity index (χ1v) is 6.15. The Balaban J connectivity index is 2.01. The molecule has 0 fully saturated rings. The second-order valence-electron chi connectivity index (χ2n) is 4.46. The van der Waals surface area contributed by atoms with E-state index in [1.165, 1.54) is 6.07 Å². The van der Waals surface area contributed by atoms with E-state index in [0.29, 0.717) is 13.1 Å². The Bertz CT molecular complexity index is 718. The second kappa shape index (κ2) is 4.82. The number of nitrogens with two attached hydrogens (primary N) is 1. The lowest BCUT2D eigenvalue weighted by molar-refractivity contribution is 0.629. The summed E-state index contributed by atoms with van der Waals surface area (Å²) < 4.78 is 15.2. The lowest BCUT2D eigenvalue weighted by Gasteiger charge is -2.09. The van der Waals surface area contributed by atoms with Crippen molar-refractivity contribution in [2.45, 2.75) is 13.1 Å². The van der Waals surface area contributed by atoms with E-state index < -0.39 is 0 Å². The van der Waals surface area contributed by atoms with Gasteiger partial charge < -0.3 is 10.3 Å². The molecule has 0 aliphatic heterocycles. The van der Waals surface area contributed by atoms with Crippen LogP contribution in [0.15, 0.2) is 48.8 Å². The van der Waals surface area contributed by atoms with Gasteiger partial charge in [0.15, 0.2) is 0 Å². The lowest BCUT2D eigenvalue weighted by atomic mass is 10.2. The van der Waals surface area contributed by atoms with Crippen LogP contribution in [0.4, 0.5) is 4.39 Å². The Morgan fingerprint density at radius 1 is 1.21 bits per heavy atom. The molecule has 2 heterocycles. The molecule has 0 spiro atoms. The van der Waals surface area contributed by atoms with E-state index >= 15 is 0 Å². The molecular weight excluding hydrogens is 241 g/mol. The van der Waals surface area contributed by atoms with E-state index in [-0.39, 0.29) is 5.82 Å². The summed E-state index contributed by atoms with van der Waals surface area (Å²) in [5.41, 5.74) is 8.68. The largest absolute Gasteiger partial charge is 0.343 e. The molecule has 0 aliphatic rings. The molecule has 0 saturated heterocycles. The van der Waals surface area contributed by atoms with Gasteiger partial charge in [-0.1, -0.05) is 6.07 Å². The summed E-state index contributed by atoms with van der Waals surface area (Å²) in [5, 5.41) is 0.901. The van der Waals surface area contributed by atoms with Crippen molar-refractivity contribution in [3.05, 3.63) is 65.9 Å². The maximum atomic E-state index is 13.2. The number of hydrogen-bond donors (Lipinski definition) is 1. The predicted octanol–water partition coefficient (Wildman–Crippen LogP) is 2.68. The molecule has 0 saturated carbocycles. The van der Waals surface area contributed by atoms with Gasteiger partial charge in [0.1, 0.15) is 5.82 Å². The summed E-state index contributed by atoms with van der Waals surface area (Å²) in [7, 11) is 0. The topological polar surface area (TPSA) is 43.8 Å². The lowest BCUT2D eigenvalue weighted by Crippen LogP contribution is -2.07. The van der Waals surface area contributed by atoms with E-state index in [0.717, 1.165) is 22.2 Å². The first-order valence-electron chi connectivity index (χ1n) is 6.15. The molecule has 96 valence electrons. The predicted molar refractivity (Wildman–Crippen MR) is 73.1 cm³/mol. The van der Waals surface area contributed by atoms with Gasteiger partial charge in [-0.3, -0.25) is 4.98 Å². The number of pyridine rings is 1. The number of benzene rings is 1. The van der Waals surface area contributed by atoms with Crippen molar-refractivity contribution in [1.82, 2.24) is 9.55 Å². The molecule has 3 aromatic rings. The number of nitrogens with zero attached hydrogens (tertiary/aromatic N) is 2. The highest BCUT2D eigenvalue weighted by Gasteiger charge is 2.06. The second-order valence-corrected chi connectivity index (χ2v) is 4.46. The van der Waals surface area contributed by atoms with E-state index in [9.17, 15) is 4.39 Å². The summed E-state index contributed by atoms with van der Waals surface area (Å²) >= 11 is 0. The molecule has 3 rings (SSSR count). The Hall–Kier alpha value is -2.20. The van der Waals surface area contributed by atoms with E-state index in [1.54, 1.807) is 18.3 Å². The number of rotatable bonds is 3. The van der Waals surface area contributed by atoms with Crippen LogP contribution in [0.2, 0.25) is 0 Å². The van der Waals surface area contributed by atoms with Crippen LogP contribution >= 0.6 is 0 Å². The molecular formula is C15H14FN3. The third kappa shape index (κ3) is 2.22. The van der Waals surface area contributed by atoms with Crippen LogP contribution in [0, 0.1) is 5.82 Å². The summed E-state index contributed by atoms with van der Waals surface area (Å²) in [6.45, 7) is 1.11. The Morgan fingerprint density at radius 3 is 2.95 bits per heavy atom. The van der Waals surface area contributed by atoms with Gasteiger partial charge >= 0.3 is 0 Å². The van der Waals surface area contributed by atoms with Crippen molar-refractivity contribution in [3.8, 4) is 0 Å². The summed E-state index contributed by atoms with van der Waals surface area (Å²) in [5.74, 6) is -0.214. The van der Waals surface area contributed by atoms with Gasteiger partial charge in [0, 0.05) is 36.4 Å². The van der Waals surface area contributed by atoms with E-state index in [1.807, 2.05) is 24.4 Å². The number of aromatic nitrogens is 2. The third-order valence-corrected chi connectivity index (χ3v) is 3.25. The molecule has 2 aromatic heterocycles. The standard InChI is InChI=1S/C15H14FN3/c16-13-3-4-15-11(8-13)5-7-19(15)10-12-2-1-6-18-14(12)9-17/h1-8H,9-10,17H2. The Kier molecular flexibility index (Phi) is 3.01. The normalized spacial score (nSPS) is 11.1. The smallest absolute Gasteiger partial charge is 0.123 e. The van der Waals surface area contributed by atoms with Crippen molar-refractivity contribution >= 4 is 10.9 Å². The average molecular weight is 255 g/mol. The van der Waals surface area contributed by atoms with Crippen LogP contribution in [-0.2, 0) is 13.1 Å². The fourth-order valence-corrected chi connectivity index (χ4v) is 2.29. The molecule has 0 bridgehead atoms. The molecule has 0 aliphatic carbocycles. The molecule has 3 nitrogen and oxygen atoms in total. The summed E-state index contributed by atoms with van der Waals surface area (Å²) in [4.78, 5) is 4.27. The van der Waals surface area contributed by atoms with Gasteiger partial charge in [0.05, 0.1) is 5.69 Å². The number of fused-ring (bicyclic) bond motifs is 1. The maximum Gasteiger partial charge on any atom is 0.123 e.